The van der Waals surface area contributed by atoms with E-state index in [2.05, 4.69) is 4.98 Å². The third-order valence-electron chi connectivity index (χ3n) is 4.88. The van der Waals surface area contributed by atoms with Gasteiger partial charge in [-0.1, -0.05) is 11.6 Å². The molecule has 0 aromatic carbocycles. The summed E-state index contributed by atoms with van der Waals surface area (Å²) in [5, 5.41) is 20.5. The molecule has 1 aromatic rings. The van der Waals surface area contributed by atoms with Crippen molar-refractivity contribution in [2.24, 2.45) is 0 Å². The summed E-state index contributed by atoms with van der Waals surface area (Å²) >= 11 is 6.05. The number of aromatic nitrogens is 1. The van der Waals surface area contributed by atoms with E-state index in [-0.39, 0.29) is 10.5 Å². The highest BCUT2D eigenvalue weighted by Crippen LogP contribution is 2.31. The minimum atomic E-state index is -1.22. The van der Waals surface area contributed by atoms with Crippen LogP contribution < -0.4 is 5.46 Å². The molecular weight excluding hydrogens is 347 g/mol. The normalized spacial score (nSPS) is 13.9. The Morgan fingerprint density at radius 2 is 1.36 bits per heavy atom. The average molecular weight is 376 g/mol. The molecule has 142 valence electrons. The van der Waals surface area contributed by atoms with Crippen molar-refractivity contribution in [3.8, 4) is 0 Å². The summed E-state index contributed by atoms with van der Waals surface area (Å²) in [7, 11) is -1.13. The van der Waals surface area contributed by atoms with Crippen LogP contribution in [0.4, 0.5) is 4.39 Å². The summed E-state index contributed by atoms with van der Waals surface area (Å²) in [5.74, 6) is -0.849. The Morgan fingerprint density at radius 3 is 1.72 bits per heavy atom. The van der Waals surface area contributed by atoms with Crippen LogP contribution >= 0.6 is 11.6 Å². The van der Waals surface area contributed by atoms with Gasteiger partial charge in [0.2, 0.25) is 5.95 Å². The number of aliphatic hydroxyl groups is 2. The molecule has 0 aliphatic rings. The number of rotatable bonds is 7. The van der Waals surface area contributed by atoms with E-state index in [9.17, 15) is 14.6 Å². The van der Waals surface area contributed by atoms with Gasteiger partial charge in [0, 0.05) is 11.7 Å². The Morgan fingerprint density at radius 1 is 0.960 bits per heavy atom. The Balaban J connectivity index is 3.36. The van der Waals surface area contributed by atoms with Crippen molar-refractivity contribution < 1.29 is 23.9 Å². The van der Waals surface area contributed by atoms with E-state index in [0.717, 1.165) is 0 Å². The smallest absolute Gasteiger partial charge is 0.399 e. The minimum absolute atomic E-state index is 0.226. The van der Waals surface area contributed by atoms with Crippen molar-refractivity contribution in [2.45, 2.75) is 77.8 Å². The predicted octanol–water partition coefficient (Wildman–Crippen LogP) is 2.70. The number of hydrogen-bond acceptors (Lipinski definition) is 5. The van der Waals surface area contributed by atoms with Crippen molar-refractivity contribution in [1.29, 1.82) is 0 Å². The first-order valence-corrected chi connectivity index (χ1v) is 8.48. The van der Waals surface area contributed by atoms with E-state index in [4.69, 9.17) is 20.9 Å². The van der Waals surface area contributed by atoms with Gasteiger partial charge in [-0.25, -0.2) is 4.98 Å². The van der Waals surface area contributed by atoms with Crippen LogP contribution in [0.3, 0.4) is 0 Å². The fourth-order valence-corrected chi connectivity index (χ4v) is 1.79. The van der Waals surface area contributed by atoms with Gasteiger partial charge in [-0.05, 0) is 61.5 Å². The van der Waals surface area contributed by atoms with Crippen molar-refractivity contribution in [1.82, 2.24) is 4.98 Å². The minimum Gasteiger partial charge on any atom is -0.399 e. The lowest BCUT2D eigenvalue weighted by Gasteiger charge is -2.43. The summed E-state index contributed by atoms with van der Waals surface area (Å²) in [5.41, 5.74) is -4.33. The van der Waals surface area contributed by atoms with Crippen LogP contribution in [-0.2, 0) is 9.31 Å². The lowest BCUT2D eigenvalue weighted by molar-refractivity contribution is -0.132. The topological polar surface area (TPSA) is 71.8 Å². The van der Waals surface area contributed by atoms with E-state index in [1.54, 1.807) is 55.4 Å². The molecule has 25 heavy (non-hydrogen) atoms. The standard InChI is InChI=1S/C17H28BClFNO4/c1-14(2,22)16(5,6)24-18(25-17(7,8)15(3,4)23)11-9-10-21-13(20)12(11)19/h9-10,22-23H,1-8H3. The quantitative estimate of drug-likeness (QED) is 0.566. The molecule has 0 fully saturated rings. The number of halogens is 2. The van der Waals surface area contributed by atoms with Gasteiger partial charge < -0.3 is 19.5 Å². The molecule has 1 heterocycles. The van der Waals surface area contributed by atoms with Gasteiger partial charge in [0.15, 0.2) is 0 Å². The van der Waals surface area contributed by atoms with Gasteiger partial charge in [0.05, 0.1) is 27.4 Å². The Kier molecular flexibility index (Phi) is 6.36. The monoisotopic (exact) mass is 375 g/mol. The zero-order valence-corrected chi connectivity index (χ0v) is 16.9. The van der Waals surface area contributed by atoms with Crippen LogP contribution in [0.1, 0.15) is 55.4 Å². The highest BCUT2D eigenvalue weighted by Gasteiger charge is 2.46. The van der Waals surface area contributed by atoms with E-state index in [1.807, 2.05) is 0 Å². The molecule has 0 aliphatic carbocycles. The lowest BCUT2D eigenvalue weighted by atomic mass is 9.74. The second kappa shape index (κ2) is 7.12. The lowest BCUT2D eigenvalue weighted by Crippen LogP contribution is -2.59. The Bertz CT molecular complexity index is 584. The van der Waals surface area contributed by atoms with E-state index < -0.39 is 35.5 Å². The number of pyridine rings is 1. The fourth-order valence-electron chi connectivity index (χ4n) is 1.59. The molecule has 0 unspecified atom stereocenters. The summed E-state index contributed by atoms with van der Waals surface area (Å²) in [4.78, 5) is 3.50. The van der Waals surface area contributed by atoms with Crippen molar-refractivity contribution in [3.05, 3.63) is 23.2 Å². The van der Waals surface area contributed by atoms with Gasteiger partial charge >= 0.3 is 7.12 Å². The van der Waals surface area contributed by atoms with Crippen LogP contribution in [0.2, 0.25) is 5.02 Å². The van der Waals surface area contributed by atoms with Crippen LogP contribution in [0.25, 0.3) is 0 Å². The number of nitrogens with zero attached hydrogens (tertiary/aromatic N) is 1. The second-order valence-electron chi connectivity index (χ2n) is 8.21. The molecule has 0 radical (unpaired) electrons. The summed E-state index contributed by atoms with van der Waals surface area (Å²) in [6.45, 7) is 13.1. The van der Waals surface area contributed by atoms with Crippen molar-refractivity contribution >= 4 is 24.2 Å². The molecule has 0 saturated heterocycles. The third-order valence-corrected chi connectivity index (χ3v) is 5.25. The molecule has 0 saturated carbocycles. The zero-order chi connectivity index (χ0) is 19.8. The maximum Gasteiger partial charge on any atom is 0.496 e. The van der Waals surface area contributed by atoms with E-state index in [1.165, 1.54) is 12.3 Å². The molecule has 0 amide bonds. The van der Waals surface area contributed by atoms with Crippen LogP contribution in [-0.4, -0.2) is 44.7 Å². The van der Waals surface area contributed by atoms with Crippen LogP contribution in [0.5, 0.6) is 0 Å². The maximum atomic E-state index is 13.8. The van der Waals surface area contributed by atoms with Gasteiger partial charge in [-0.15, -0.1) is 0 Å². The van der Waals surface area contributed by atoms with Gasteiger partial charge in [-0.2, -0.15) is 4.39 Å². The molecule has 5 nitrogen and oxygen atoms in total. The van der Waals surface area contributed by atoms with Crippen molar-refractivity contribution in [2.75, 3.05) is 0 Å². The first kappa shape index (κ1) is 22.3. The van der Waals surface area contributed by atoms with E-state index in [0.29, 0.717) is 0 Å². The third kappa shape index (κ3) is 5.14. The molecule has 0 bridgehead atoms. The highest BCUT2D eigenvalue weighted by molar-refractivity contribution is 6.65. The summed E-state index contributed by atoms with van der Waals surface area (Å²) in [6, 6.07) is 1.48. The van der Waals surface area contributed by atoms with Gasteiger partial charge in [0.25, 0.3) is 0 Å². The summed E-state index contributed by atoms with van der Waals surface area (Å²) < 4.78 is 25.8. The molecular formula is C17H28BClFNO4. The largest absolute Gasteiger partial charge is 0.496 e. The SMILES string of the molecule is CC(C)(O)C(C)(C)OB(OC(C)(C)C(C)(C)O)c1ccnc(F)c1Cl. The Labute approximate surface area is 154 Å². The molecule has 1 rings (SSSR count). The van der Waals surface area contributed by atoms with E-state index >= 15 is 0 Å². The molecule has 0 aliphatic heterocycles. The average Bonchev–Trinajstić information content (AvgIpc) is 2.38. The maximum absolute atomic E-state index is 13.8. The number of hydrogen-bond donors (Lipinski definition) is 2. The van der Waals surface area contributed by atoms with Gasteiger partial charge in [0.1, 0.15) is 0 Å². The van der Waals surface area contributed by atoms with Crippen LogP contribution in [0, 0.1) is 5.95 Å². The molecule has 0 spiro atoms. The van der Waals surface area contributed by atoms with Crippen molar-refractivity contribution in [3.63, 3.8) is 0 Å². The first-order chi connectivity index (χ1) is 11.0. The summed E-state index contributed by atoms with van der Waals surface area (Å²) in [6.07, 6.45) is 1.25. The zero-order valence-electron chi connectivity index (χ0n) is 16.1. The highest BCUT2D eigenvalue weighted by atomic mass is 35.5. The van der Waals surface area contributed by atoms with Crippen LogP contribution in [0.15, 0.2) is 12.3 Å². The predicted molar refractivity (Wildman–Crippen MR) is 97.5 cm³/mol. The molecule has 8 heteroatoms. The Hall–Kier alpha value is -0.725. The molecule has 1 aromatic heterocycles. The van der Waals surface area contributed by atoms with Gasteiger partial charge in [-0.3, -0.25) is 0 Å². The second-order valence-corrected chi connectivity index (χ2v) is 8.59. The molecule has 2 N–H and O–H groups in total. The fraction of sp³-hybridized carbons (Fsp3) is 0.706. The first-order valence-electron chi connectivity index (χ1n) is 8.10. The molecule has 0 atom stereocenters.